The molecule has 0 radical (unpaired) electrons. The number of rotatable bonds is 4. The van der Waals surface area contributed by atoms with Crippen molar-refractivity contribution in [2.24, 2.45) is 10.4 Å². The maximum Gasteiger partial charge on any atom is 0.193 e. The minimum absolute atomic E-state index is 0. The standard InChI is InChI=1S/C14H29N3.HI/c1-5-15-13(17-11-6-7-12-17)16-10-8-9-14(2,3)4;/h5-12H2,1-4H3,(H,15,16);1H. The second-order valence-corrected chi connectivity index (χ2v) is 6.09. The van der Waals surface area contributed by atoms with Crippen LogP contribution in [-0.4, -0.2) is 37.0 Å². The number of nitrogens with zero attached hydrogens (tertiary/aromatic N) is 2. The smallest absolute Gasteiger partial charge is 0.193 e. The third kappa shape index (κ3) is 7.44. The van der Waals surface area contributed by atoms with Gasteiger partial charge in [0.1, 0.15) is 0 Å². The normalized spacial score (nSPS) is 16.7. The van der Waals surface area contributed by atoms with Crippen molar-refractivity contribution in [3.05, 3.63) is 0 Å². The zero-order valence-electron chi connectivity index (χ0n) is 12.5. The van der Waals surface area contributed by atoms with Crippen LogP contribution in [0.25, 0.3) is 0 Å². The quantitative estimate of drug-likeness (QED) is 0.357. The third-order valence-corrected chi connectivity index (χ3v) is 3.09. The number of hydrogen-bond acceptors (Lipinski definition) is 1. The van der Waals surface area contributed by atoms with Crippen LogP contribution in [0.5, 0.6) is 0 Å². The summed E-state index contributed by atoms with van der Waals surface area (Å²) >= 11 is 0. The molecule has 0 atom stereocenters. The van der Waals surface area contributed by atoms with Crippen LogP contribution in [0.4, 0.5) is 0 Å². The van der Waals surface area contributed by atoms with Crippen molar-refractivity contribution in [3.8, 4) is 0 Å². The average molecular weight is 367 g/mol. The molecule has 1 aliphatic heterocycles. The van der Waals surface area contributed by atoms with Gasteiger partial charge in [0.25, 0.3) is 0 Å². The summed E-state index contributed by atoms with van der Waals surface area (Å²) in [4.78, 5) is 7.12. The van der Waals surface area contributed by atoms with Gasteiger partial charge in [0.15, 0.2) is 5.96 Å². The lowest BCUT2D eigenvalue weighted by Crippen LogP contribution is -2.39. The molecule has 0 aromatic rings. The van der Waals surface area contributed by atoms with Gasteiger partial charge in [0.2, 0.25) is 0 Å². The van der Waals surface area contributed by atoms with E-state index in [1.807, 2.05) is 0 Å². The Hall–Kier alpha value is 0. The van der Waals surface area contributed by atoms with E-state index in [2.05, 4.69) is 37.9 Å². The number of likely N-dealkylation sites (tertiary alicyclic amines) is 1. The number of halogens is 1. The molecule has 0 saturated carbocycles. The largest absolute Gasteiger partial charge is 0.357 e. The summed E-state index contributed by atoms with van der Waals surface area (Å²) in [6.07, 6.45) is 5.06. The Kier molecular flexibility index (Phi) is 8.99. The van der Waals surface area contributed by atoms with Crippen LogP contribution in [-0.2, 0) is 0 Å². The van der Waals surface area contributed by atoms with E-state index in [9.17, 15) is 0 Å². The fourth-order valence-electron chi connectivity index (χ4n) is 2.15. The summed E-state index contributed by atoms with van der Waals surface area (Å²) in [6.45, 7) is 13.3. The van der Waals surface area contributed by atoms with Gasteiger partial charge in [-0.25, -0.2) is 0 Å². The van der Waals surface area contributed by atoms with E-state index in [1.54, 1.807) is 0 Å². The van der Waals surface area contributed by atoms with E-state index in [-0.39, 0.29) is 24.0 Å². The first-order valence-electron chi connectivity index (χ1n) is 7.06. The fourth-order valence-corrected chi connectivity index (χ4v) is 2.15. The summed E-state index contributed by atoms with van der Waals surface area (Å²) in [7, 11) is 0. The minimum Gasteiger partial charge on any atom is -0.357 e. The highest BCUT2D eigenvalue weighted by atomic mass is 127. The minimum atomic E-state index is 0. The van der Waals surface area contributed by atoms with E-state index in [4.69, 9.17) is 4.99 Å². The molecule has 0 aromatic heterocycles. The first-order chi connectivity index (χ1) is 8.03. The van der Waals surface area contributed by atoms with Crippen LogP contribution in [0, 0.1) is 5.41 Å². The van der Waals surface area contributed by atoms with Crippen molar-refractivity contribution in [2.75, 3.05) is 26.2 Å². The predicted molar refractivity (Wildman–Crippen MR) is 90.9 cm³/mol. The van der Waals surface area contributed by atoms with Gasteiger partial charge in [-0.3, -0.25) is 4.99 Å². The monoisotopic (exact) mass is 367 g/mol. The molecule has 1 saturated heterocycles. The van der Waals surface area contributed by atoms with E-state index in [1.165, 1.54) is 38.8 Å². The molecule has 1 rings (SSSR count). The van der Waals surface area contributed by atoms with Gasteiger partial charge < -0.3 is 10.2 Å². The molecule has 0 spiro atoms. The summed E-state index contributed by atoms with van der Waals surface area (Å²) in [6, 6.07) is 0. The van der Waals surface area contributed by atoms with Gasteiger partial charge in [-0.1, -0.05) is 20.8 Å². The summed E-state index contributed by atoms with van der Waals surface area (Å²) in [5.41, 5.74) is 0.432. The summed E-state index contributed by atoms with van der Waals surface area (Å²) in [5, 5.41) is 3.40. The van der Waals surface area contributed by atoms with Gasteiger partial charge in [-0.2, -0.15) is 0 Å². The molecule has 1 fully saturated rings. The van der Waals surface area contributed by atoms with Gasteiger partial charge in [-0.15, -0.1) is 24.0 Å². The first kappa shape index (κ1) is 18.0. The maximum atomic E-state index is 4.73. The number of nitrogens with one attached hydrogen (secondary N) is 1. The highest BCUT2D eigenvalue weighted by Gasteiger charge is 2.15. The van der Waals surface area contributed by atoms with Crippen LogP contribution in [0.3, 0.4) is 0 Å². The maximum absolute atomic E-state index is 4.73. The van der Waals surface area contributed by atoms with Gasteiger partial charge in [0, 0.05) is 26.2 Å². The molecule has 108 valence electrons. The van der Waals surface area contributed by atoms with Crippen molar-refractivity contribution in [3.63, 3.8) is 0 Å². The van der Waals surface area contributed by atoms with Gasteiger partial charge in [0.05, 0.1) is 0 Å². The Bertz CT molecular complexity index is 240. The van der Waals surface area contributed by atoms with Crippen molar-refractivity contribution in [1.29, 1.82) is 0 Å². The molecule has 0 unspecified atom stereocenters. The number of hydrogen-bond donors (Lipinski definition) is 1. The van der Waals surface area contributed by atoms with Crippen molar-refractivity contribution >= 4 is 29.9 Å². The van der Waals surface area contributed by atoms with E-state index >= 15 is 0 Å². The Labute approximate surface area is 130 Å². The molecule has 0 amide bonds. The summed E-state index contributed by atoms with van der Waals surface area (Å²) in [5.74, 6) is 1.12. The molecule has 3 nitrogen and oxygen atoms in total. The highest BCUT2D eigenvalue weighted by Crippen LogP contribution is 2.20. The fraction of sp³-hybridized carbons (Fsp3) is 0.929. The Morgan fingerprint density at radius 2 is 1.83 bits per heavy atom. The second kappa shape index (κ2) is 8.99. The molecule has 1 aliphatic rings. The van der Waals surface area contributed by atoms with Crippen LogP contribution in [0.2, 0.25) is 0 Å². The lowest BCUT2D eigenvalue weighted by molar-refractivity contribution is 0.367. The first-order valence-corrected chi connectivity index (χ1v) is 7.06. The molecule has 1 heterocycles. The van der Waals surface area contributed by atoms with E-state index < -0.39 is 0 Å². The van der Waals surface area contributed by atoms with Crippen LogP contribution < -0.4 is 5.32 Å². The summed E-state index contributed by atoms with van der Waals surface area (Å²) < 4.78 is 0. The molecular weight excluding hydrogens is 337 g/mol. The Morgan fingerprint density at radius 1 is 1.22 bits per heavy atom. The predicted octanol–water partition coefficient (Wildman–Crippen LogP) is 3.49. The van der Waals surface area contributed by atoms with E-state index in [0.717, 1.165) is 19.0 Å². The third-order valence-electron chi connectivity index (χ3n) is 3.09. The number of guanidine groups is 1. The molecule has 18 heavy (non-hydrogen) atoms. The lowest BCUT2D eigenvalue weighted by atomic mass is 9.91. The second-order valence-electron chi connectivity index (χ2n) is 6.09. The van der Waals surface area contributed by atoms with Gasteiger partial charge in [-0.05, 0) is 38.0 Å². The molecule has 0 aromatic carbocycles. The number of aliphatic imine (C=N–C) groups is 1. The molecular formula is C14H30IN3. The van der Waals surface area contributed by atoms with E-state index in [0.29, 0.717) is 5.41 Å². The Morgan fingerprint density at radius 3 is 2.33 bits per heavy atom. The van der Waals surface area contributed by atoms with Crippen LogP contribution >= 0.6 is 24.0 Å². The van der Waals surface area contributed by atoms with Gasteiger partial charge >= 0.3 is 0 Å². The van der Waals surface area contributed by atoms with Crippen LogP contribution in [0.1, 0.15) is 53.4 Å². The SMILES string of the molecule is CCNC(=NCCCC(C)(C)C)N1CCCC1.I. The van der Waals surface area contributed by atoms with Crippen LogP contribution in [0.15, 0.2) is 4.99 Å². The highest BCUT2D eigenvalue weighted by molar-refractivity contribution is 14.0. The van der Waals surface area contributed by atoms with Crippen molar-refractivity contribution < 1.29 is 0 Å². The topological polar surface area (TPSA) is 27.6 Å². The lowest BCUT2D eigenvalue weighted by Gasteiger charge is -2.21. The van der Waals surface area contributed by atoms with Crippen molar-refractivity contribution in [2.45, 2.75) is 53.4 Å². The average Bonchev–Trinajstić information content (AvgIpc) is 2.74. The molecule has 4 heteroatoms. The zero-order chi connectivity index (χ0) is 12.7. The molecule has 0 aliphatic carbocycles. The molecule has 0 bridgehead atoms. The van der Waals surface area contributed by atoms with Crippen molar-refractivity contribution in [1.82, 2.24) is 10.2 Å². The molecule has 1 N–H and O–H groups in total. The Balaban J connectivity index is 0.00000289. The zero-order valence-corrected chi connectivity index (χ0v) is 14.8.